The molecule has 0 aromatic carbocycles. The van der Waals surface area contributed by atoms with Crippen molar-refractivity contribution in [2.24, 2.45) is 11.8 Å². The van der Waals surface area contributed by atoms with Crippen LogP contribution >= 0.6 is 21.6 Å². The van der Waals surface area contributed by atoms with Gasteiger partial charge in [0.1, 0.15) is 0 Å². The zero-order valence-corrected chi connectivity index (χ0v) is 8.73. The summed E-state index contributed by atoms with van der Waals surface area (Å²) in [6, 6.07) is 0. The minimum Gasteiger partial charge on any atom is -0.0886 e. The maximum atomic E-state index is 2.32. The SMILES string of the molecule is CC(C)C1=C2CCC2CSS1. The molecule has 0 nitrogen and oxygen atoms in total. The standard InChI is InChI=1S/C9H14S2/c1-6(2)9-8-4-3-7(8)5-10-11-9/h6-7H,3-5H2,1-2H3. The van der Waals surface area contributed by atoms with E-state index < -0.39 is 0 Å². The normalized spacial score (nSPS) is 30.3. The van der Waals surface area contributed by atoms with E-state index in [2.05, 4.69) is 24.6 Å². The maximum Gasteiger partial charge on any atom is 0.0106 e. The third kappa shape index (κ3) is 1.35. The summed E-state index contributed by atoms with van der Waals surface area (Å²) in [5.41, 5.74) is 1.80. The molecule has 2 aliphatic rings. The molecule has 1 heterocycles. The van der Waals surface area contributed by atoms with Crippen LogP contribution in [0.15, 0.2) is 10.5 Å². The fourth-order valence-corrected chi connectivity index (χ4v) is 4.97. The molecule has 0 aromatic rings. The van der Waals surface area contributed by atoms with E-state index in [1.165, 1.54) is 18.6 Å². The van der Waals surface area contributed by atoms with Crippen molar-refractivity contribution in [3.05, 3.63) is 10.5 Å². The van der Waals surface area contributed by atoms with Crippen LogP contribution in [0, 0.1) is 11.8 Å². The van der Waals surface area contributed by atoms with Gasteiger partial charge in [0, 0.05) is 5.75 Å². The lowest BCUT2D eigenvalue weighted by molar-refractivity contribution is 0.479. The maximum absolute atomic E-state index is 2.32. The van der Waals surface area contributed by atoms with Crippen molar-refractivity contribution in [2.75, 3.05) is 5.75 Å². The molecule has 0 aromatic heterocycles. The molecule has 1 aliphatic heterocycles. The van der Waals surface area contributed by atoms with Crippen LogP contribution in [0.25, 0.3) is 0 Å². The smallest absolute Gasteiger partial charge is 0.0106 e. The zero-order valence-electron chi connectivity index (χ0n) is 7.09. The second-order valence-corrected chi connectivity index (χ2v) is 6.03. The highest BCUT2D eigenvalue weighted by Gasteiger charge is 2.31. The quantitative estimate of drug-likeness (QED) is 0.573. The largest absolute Gasteiger partial charge is 0.0886 e. The van der Waals surface area contributed by atoms with E-state index in [4.69, 9.17) is 0 Å². The minimum absolute atomic E-state index is 0.769. The summed E-state index contributed by atoms with van der Waals surface area (Å²) in [5.74, 6) is 3.11. The number of hydrogen-bond donors (Lipinski definition) is 0. The Bertz CT molecular complexity index is 194. The molecule has 0 N–H and O–H groups in total. The average molecular weight is 186 g/mol. The molecule has 0 amide bonds. The minimum atomic E-state index is 0.769. The Morgan fingerprint density at radius 1 is 1.45 bits per heavy atom. The van der Waals surface area contributed by atoms with Crippen molar-refractivity contribution in [1.82, 2.24) is 0 Å². The predicted octanol–water partition coefficient (Wildman–Crippen LogP) is 3.70. The number of hydrogen-bond acceptors (Lipinski definition) is 2. The highest BCUT2D eigenvalue weighted by atomic mass is 33.1. The van der Waals surface area contributed by atoms with Crippen LogP contribution in [0.4, 0.5) is 0 Å². The summed E-state index contributed by atoms with van der Waals surface area (Å²) in [6.45, 7) is 4.63. The highest BCUT2D eigenvalue weighted by molar-refractivity contribution is 8.78. The Hall–Kier alpha value is 0.440. The molecule has 2 heteroatoms. The average Bonchev–Trinajstić information content (AvgIpc) is 1.90. The van der Waals surface area contributed by atoms with Crippen molar-refractivity contribution in [2.45, 2.75) is 26.7 Å². The first-order valence-corrected chi connectivity index (χ1v) is 6.63. The molecule has 0 radical (unpaired) electrons. The first-order valence-electron chi connectivity index (χ1n) is 4.31. The molecular formula is C9H14S2. The molecule has 0 spiro atoms. The molecule has 1 fully saturated rings. The van der Waals surface area contributed by atoms with E-state index in [9.17, 15) is 0 Å². The Labute approximate surface area is 76.6 Å². The van der Waals surface area contributed by atoms with Gasteiger partial charge >= 0.3 is 0 Å². The Balaban J connectivity index is 2.20. The number of fused-ring (bicyclic) bond motifs is 1. The van der Waals surface area contributed by atoms with E-state index in [0.717, 1.165) is 11.8 Å². The lowest BCUT2D eigenvalue weighted by Gasteiger charge is -2.37. The van der Waals surface area contributed by atoms with Gasteiger partial charge in [-0.1, -0.05) is 41.0 Å². The van der Waals surface area contributed by atoms with E-state index in [-0.39, 0.29) is 0 Å². The summed E-state index contributed by atoms with van der Waals surface area (Å²) >= 11 is 0. The van der Waals surface area contributed by atoms with E-state index in [0.29, 0.717) is 0 Å². The summed E-state index contributed by atoms with van der Waals surface area (Å²) < 4.78 is 0. The van der Waals surface area contributed by atoms with Crippen LogP contribution in [0.2, 0.25) is 0 Å². The molecular weight excluding hydrogens is 172 g/mol. The van der Waals surface area contributed by atoms with Crippen LogP contribution in [0.3, 0.4) is 0 Å². The summed E-state index contributed by atoms with van der Waals surface area (Å²) in [5, 5.41) is 0. The predicted molar refractivity (Wildman–Crippen MR) is 54.6 cm³/mol. The number of allylic oxidation sites excluding steroid dienone is 2. The molecule has 0 bridgehead atoms. The monoisotopic (exact) mass is 186 g/mol. The Morgan fingerprint density at radius 3 is 2.73 bits per heavy atom. The van der Waals surface area contributed by atoms with Gasteiger partial charge in [-0.15, -0.1) is 0 Å². The molecule has 62 valence electrons. The molecule has 1 saturated carbocycles. The van der Waals surface area contributed by atoms with Crippen LogP contribution in [0.5, 0.6) is 0 Å². The van der Waals surface area contributed by atoms with Crippen LogP contribution < -0.4 is 0 Å². The van der Waals surface area contributed by atoms with Gasteiger partial charge < -0.3 is 0 Å². The summed E-state index contributed by atoms with van der Waals surface area (Å²) in [7, 11) is 4.08. The lowest BCUT2D eigenvalue weighted by atomic mass is 9.79. The van der Waals surface area contributed by atoms with E-state index in [1.54, 1.807) is 10.5 Å². The van der Waals surface area contributed by atoms with Gasteiger partial charge in [-0.2, -0.15) is 0 Å². The van der Waals surface area contributed by atoms with E-state index in [1.807, 2.05) is 10.8 Å². The molecule has 2 rings (SSSR count). The summed E-state index contributed by atoms with van der Waals surface area (Å²) in [4.78, 5) is 1.69. The van der Waals surface area contributed by atoms with Gasteiger partial charge in [0.15, 0.2) is 0 Å². The summed E-state index contributed by atoms with van der Waals surface area (Å²) in [6.07, 6.45) is 2.85. The van der Waals surface area contributed by atoms with Gasteiger partial charge in [-0.05, 0) is 29.6 Å². The first-order chi connectivity index (χ1) is 5.29. The van der Waals surface area contributed by atoms with Gasteiger partial charge in [0.25, 0.3) is 0 Å². The van der Waals surface area contributed by atoms with Gasteiger partial charge in [0.2, 0.25) is 0 Å². The van der Waals surface area contributed by atoms with E-state index >= 15 is 0 Å². The molecule has 11 heavy (non-hydrogen) atoms. The van der Waals surface area contributed by atoms with Crippen molar-refractivity contribution >= 4 is 21.6 Å². The molecule has 1 unspecified atom stereocenters. The van der Waals surface area contributed by atoms with Gasteiger partial charge in [0.05, 0.1) is 0 Å². The number of rotatable bonds is 1. The Morgan fingerprint density at radius 2 is 2.27 bits per heavy atom. The van der Waals surface area contributed by atoms with Gasteiger partial charge in [-0.3, -0.25) is 0 Å². The van der Waals surface area contributed by atoms with Crippen molar-refractivity contribution in [3.8, 4) is 0 Å². The lowest BCUT2D eigenvalue weighted by Crippen LogP contribution is -2.22. The molecule has 0 saturated heterocycles. The van der Waals surface area contributed by atoms with Crippen molar-refractivity contribution in [3.63, 3.8) is 0 Å². The fourth-order valence-electron chi connectivity index (χ4n) is 1.70. The third-order valence-electron chi connectivity index (χ3n) is 2.51. The second-order valence-electron chi connectivity index (χ2n) is 3.65. The van der Waals surface area contributed by atoms with Crippen LogP contribution in [-0.4, -0.2) is 5.75 Å². The zero-order chi connectivity index (χ0) is 7.84. The highest BCUT2D eigenvalue weighted by Crippen LogP contribution is 2.52. The molecule has 1 atom stereocenters. The second kappa shape index (κ2) is 3.06. The van der Waals surface area contributed by atoms with Gasteiger partial charge in [-0.25, -0.2) is 0 Å². The van der Waals surface area contributed by atoms with Crippen LogP contribution in [-0.2, 0) is 0 Å². The van der Waals surface area contributed by atoms with Crippen LogP contribution in [0.1, 0.15) is 26.7 Å². The van der Waals surface area contributed by atoms with Crippen molar-refractivity contribution in [1.29, 1.82) is 0 Å². The Kier molecular flexibility index (Phi) is 2.24. The third-order valence-corrected chi connectivity index (χ3v) is 5.38. The van der Waals surface area contributed by atoms with Crippen molar-refractivity contribution < 1.29 is 0 Å². The fraction of sp³-hybridized carbons (Fsp3) is 0.778. The topological polar surface area (TPSA) is 0 Å². The molecule has 1 aliphatic carbocycles. The first kappa shape index (κ1) is 8.06.